The Labute approximate surface area is 168 Å². The van der Waals surface area contributed by atoms with Crippen LogP contribution in [0.5, 0.6) is 0 Å². The van der Waals surface area contributed by atoms with Crippen LogP contribution < -0.4 is 10.2 Å². The first-order chi connectivity index (χ1) is 13.5. The van der Waals surface area contributed by atoms with Gasteiger partial charge in [-0.25, -0.2) is 9.97 Å². The van der Waals surface area contributed by atoms with E-state index in [1.54, 1.807) is 6.20 Å². The summed E-state index contributed by atoms with van der Waals surface area (Å²) in [5, 5.41) is 3.02. The molecule has 5 nitrogen and oxygen atoms in total. The van der Waals surface area contributed by atoms with E-state index in [0.29, 0.717) is 29.9 Å². The van der Waals surface area contributed by atoms with Crippen molar-refractivity contribution in [3.63, 3.8) is 0 Å². The van der Waals surface area contributed by atoms with Crippen LogP contribution in [-0.4, -0.2) is 35.5 Å². The lowest BCUT2D eigenvalue weighted by molar-refractivity contribution is 0.0948. The molecule has 150 valence electrons. The van der Waals surface area contributed by atoms with Gasteiger partial charge in [-0.05, 0) is 31.7 Å². The Morgan fingerprint density at radius 2 is 2.00 bits per heavy atom. The highest BCUT2D eigenvalue weighted by atomic mass is 16.1. The lowest BCUT2D eigenvalue weighted by atomic mass is 9.94. The highest BCUT2D eigenvalue weighted by molar-refractivity contribution is 5.99. The molecule has 0 unspecified atom stereocenters. The lowest BCUT2D eigenvalue weighted by Gasteiger charge is -2.33. The third kappa shape index (κ3) is 4.89. The van der Waals surface area contributed by atoms with E-state index in [-0.39, 0.29) is 5.91 Å². The van der Waals surface area contributed by atoms with Gasteiger partial charge in [0.25, 0.3) is 5.91 Å². The third-order valence-corrected chi connectivity index (χ3v) is 5.42. The first kappa shape index (κ1) is 20.3. The largest absolute Gasteiger partial charge is 0.356 e. The molecule has 2 aromatic rings. The minimum Gasteiger partial charge on any atom is -0.356 e. The second-order valence-electron chi connectivity index (χ2n) is 8.31. The fourth-order valence-corrected chi connectivity index (χ4v) is 3.76. The van der Waals surface area contributed by atoms with Crippen molar-refractivity contribution in [3.05, 3.63) is 41.6 Å². The summed E-state index contributed by atoms with van der Waals surface area (Å²) in [6.07, 6.45) is 7.75. The van der Waals surface area contributed by atoms with Crippen LogP contribution in [-0.2, 0) is 0 Å². The van der Waals surface area contributed by atoms with Crippen molar-refractivity contribution >= 4 is 11.7 Å². The van der Waals surface area contributed by atoms with Crippen LogP contribution in [0.15, 0.2) is 30.5 Å². The van der Waals surface area contributed by atoms with Gasteiger partial charge in [-0.3, -0.25) is 4.79 Å². The van der Waals surface area contributed by atoms with E-state index in [2.05, 4.69) is 55.2 Å². The molecule has 28 heavy (non-hydrogen) atoms. The number of benzene rings is 1. The van der Waals surface area contributed by atoms with Gasteiger partial charge >= 0.3 is 0 Å². The first-order valence-electron chi connectivity index (χ1n) is 10.4. The maximum Gasteiger partial charge on any atom is 0.256 e. The first-order valence-corrected chi connectivity index (χ1v) is 10.4. The van der Waals surface area contributed by atoms with E-state index in [9.17, 15) is 4.79 Å². The van der Waals surface area contributed by atoms with E-state index in [1.807, 2.05) is 12.1 Å². The quantitative estimate of drug-likeness (QED) is 0.795. The average Bonchev–Trinajstić information content (AvgIpc) is 2.71. The summed E-state index contributed by atoms with van der Waals surface area (Å²) in [6, 6.07) is 8.60. The number of carbonyl (C=O) groups excluding carboxylic acids is 1. The number of amides is 1. The van der Waals surface area contributed by atoms with Gasteiger partial charge in [0, 0.05) is 31.4 Å². The number of carbonyl (C=O) groups is 1. The minimum absolute atomic E-state index is 0.0952. The second-order valence-corrected chi connectivity index (χ2v) is 8.31. The lowest BCUT2D eigenvalue weighted by Crippen LogP contribution is -2.37. The van der Waals surface area contributed by atoms with Crippen molar-refractivity contribution in [2.75, 3.05) is 18.5 Å². The monoisotopic (exact) mass is 380 g/mol. The molecule has 0 spiro atoms. The van der Waals surface area contributed by atoms with Gasteiger partial charge in [-0.15, -0.1) is 0 Å². The van der Waals surface area contributed by atoms with Crippen molar-refractivity contribution in [1.29, 1.82) is 0 Å². The maximum atomic E-state index is 12.8. The van der Waals surface area contributed by atoms with Crippen molar-refractivity contribution < 1.29 is 4.79 Å². The summed E-state index contributed by atoms with van der Waals surface area (Å²) in [5.41, 5.74) is 2.71. The molecule has 5 heteroatoms. The zero-order valence-electron chi connectivity index (χ0n) is 17.5. The Balaban J connectivity index is 1.97. The van der Waals surface area contributed by atoms with Gasteiger partial charge in [0.05, 0.1) is 0 Å². The molecule has 0 atom stereocenters. The maximum absolute atomic E-state index is 12.8. The van der Waals surface area contributed by atoms with Crippen LogP contribution in [0.3, 0.4) is 0 Å². The predicted molar refractivity (Wildman–Crippen MR) is 115 cm³/mol. The standard InChI is InChI=1S/C23H32N4O/c1-16(2)14-25-23(28)20-15-24-21(18-10-8-9-17(3)13-18)26-22(20)27(4)19-11-6-5-7-12-19/h8-10,13,15-16,19H,5-7,11-12,14H2,1-4H3,(H,25,28). The molecule has 3 rings (SSSR count). The van der Waals surface area contributed by atoms with Crippen molar-refractivity contribution in [3.8, 4) is 11.4 Å². The number of aryl methyl sites for hydroxylation is 1. The molecule has 0 bridgehead atoms. The molecule has 1 N–H and O–H groups in total. The van der Waals surface area contributed by atoms with Gasteiger partial charge in [-0.1, -0.05) is 56.9 Å². The van der Waals surface area contributed by atoms with Gasteiger partial charge in [0.2, 0.25) is 0 Å². The molecule has 1 amide bonds. The van der Waals surface area contributed by atoms with Crippen LogP contribution in [0.2, 0.25) is 0 Å². The minimum atomic E-state index is -0.0952. The third-order valence-electron chi connectivity index (χ3n) is 5.42. The van der Waals surface area contributed by atoms with Crippen molar-refractivity contribution in [2.24, 2.45) is 5.92 Å². The summed E-state index contributed by atoms with van der Waals surface area (Å²) in [6.45, 7) is 6.89. The smallest absolute Gasteiger partial charge is 0.256 e. The van der Waals surface area contributed by atoms with Crippen LogP contribution in [0.1, 0.15) is 61.9 Å². The fraction of sp³-hybridized carbons (Fsp3) is 0.522. The van der Waals surface area contributed by atoms with E-state index >= 15 is 0 Å². The number of aromatic nitrogens is 2. The molecule has 0 radical (unpaired) electrons. The average molecular weight is 381 g/mol. The zero-order chi connectivity index (χ0) is 20.1. The molecule has 1 aromatic carbocycles. The fourth-order valence-electron chi connectivity index (χ4n) is 3.76. The Morgan fingerprint density at radius 1 is 1.25 bits per heavy atom. The van der Waals surface area contributed by atoms with Crippen LogP contribution >= 0.6 is 0 Å². The highest BCUT2D eigenvalue weighted by Crippen LogP contribution is 2.29. The zero-order valence-corrected chi connectivity index (χ0v) is 17.5. The molecule has 1 saturated carbocycles. The molecular weight excluding hydrogens is 348 g/mol. The molecule has 1 aliphatic carbocycles. The summed E-state index contributed by atoms with van der Waals surface area (Å²) in [4.78, 5) is 24.4. The second kappa shape index (κ2) is 9.18. The van der Waals surface area contributed by atoms with Gasteiger partial charge in [0.15, 0.2) is 5.82 Å². The Kier molecular flexibility index (Phi) is 6.65. The Hall–Kier alpha value is -2.43. The van der Waals surface area contributed by atoms with Crippen LogP contribution in [0.4, 0.5) is 5.82 Å². The van der Waals surface area contributed by atoms with E-state index in [1.165, 1.54) is 24.8 Å². The SMILES string of the molecule is Cc1cccc(-c2ncc(C(=O)NCC(C)C)c(N(C)C3CCCCC3)n2)c1. The summed E-state index contributed by atoms with van der Waals surface area (Å²) >= 11 is 0. The normalized spacial score (nSPS) is 14.9. The number of rotatable bonds is 6. The Bertz CT molecular complexity index is 812. The molecular formula is C23H32N4O. The van der Waals surface area contributed by atoms with E-state index in [4.69, 9.17) is 4.98 Å². The Morgan fingerprint density at radius 3 is 2.68 bits per heavy atom. The molecule has 1 fully saturated rings. The summed E-state index contributed by atoms with van der Waals surface area (Å²) in [7, 11) is 2.07. The van der Waals surface area contributed by atoms with E-state index in [0.717, 1.165) is 24.2 Å². The highest BCUT2D eigenvalue weighted by Gasteiger charge is 2.25. The molecule has 0 saturated heterocycles. The molecule has 1 aliphatic rings. The summed E-state index contributed by atoms with van der Waals surface area (Å²) < 4.78 is 0. The van der Waals surface area contributed by atoms with Gasteiger partial charge in [-0.2, -0.15) is 0 Å². The van der Waals surface area contributed by atoms with Gasteiger partial charge < -0.3 is 10.2 Å². The van der Waals surface area contributed by atoms with Gasteiger partial charge in [0.1, 0.15) is 11.4 Å². The number of hydrogen-bond acceptors (Lipinski definition) is 4. The number of hydrogen-bond donors (Lipinski definition) is 1. The molecule has 1 heterocycles. The molecule has 0 aliphatic heterocycles. The van der Waals surface area contributed by atoms with Crippen molar-refractivity contribution in [1.82, 2.24) is 15.3 Å². The molecule has 1 aromatic heterocycles. The van der Waals surface area contributed by atoms with E-state index < -0.39 is 0 Å². The number of nitrogens with one attached hydrogen (secondary N) is 1. The van der Waals surface area contributed by atoms with Crippen LogP contribution in [0, 0.1) is 12.8 Å². The van der Waals surface area contributed by atoms with Crippen LogP contribution in [0.25, 0.3) is 11.4 Å². The number of anilines is 1. The number of nitrogens with zero attached hydrogens (tertiary/aromatic N) is 3. The predicted octanol–water partition coefficient (Wildman–Crippen LogP) is 4.61. The van der Waals surface area contributed by atoms with Crippen molar-refractivity contribution in [2.45, 2.75) is 58.9 Å². The summed E-state index contributed by atoms with van der Waals surface area (Å²) in [5.74, 6) is 1.71. The topological polar surface area (TPSA) is 58.1 Å².